The highest BCUT2D eigenvalue weighted by Crippen LogP contribution is 2.65. The first-order valence-corrected chi connectivity index (χ1v) is 15.7. The molecule has 2 saturated heterocycles. The Hall–Kier alpha value is -2.06. The second-order valence-electron chi connectivity index (χ2n) is 14.1. The van der Waals surface area contributed by atoms with Crippen LogP contribution in [0.5, 0.6) is 0 Å². The van der Waals surface area contributed by atoms with Gasteiger partial charge in [0.25, 0.3) is 0 Å². The Morgan fingerprint density at radius 3 is 2.49 bits per heavy atom. The van der Waals surface area contributed by atoms with Gasteiger partial charge in [0.15, 0.2) is 11.6 Å². The molecule has 0 spiro atoms. The molecular weight excluding hydrogens is 522 g/mol. The molecule has 0 bridgehead atoms. The summed E-state index contributed by atoms with van der Waals surface area (Å²) in [7, 11) is 0. The minimum absolute atomic E-state index is 0.0190. The first-order valence-electron chi connectivity index (χ1n) is 15.7. The predicted octanol–water partition coefficient (Wildman–Crippen LogP) is 5.05. The van der Waals surface area contributed by atoms with Gasteiger partial charge in [-0.15, -0.1) is 6.58 Å². The summed E-state index contributed by atoms with van der Waals surface area (Å²) in [5, 5.41) is 11.0. The van der Waals surface area contributed by atoms with E-state index in [-0.39, 0.29) is 54.0 Å². The van der Waals surface area contributed by atoms with Crippen molar-refractivity contribution in [1.29, 1.82) is 0 Å². The first-order chi connectivity index (χ1) is 19.2. The summed E-state index contributed by atoms with van der Waals surface area (Å²) < 4.78 is 11.7. The highest BCUT2D eigenvalue weighted by atomic mass is 16.6. The molecule has 8 nitrogen and oxygen atoms in total. The van der Waals surface area contributed by atoms with Crippen LogP contribution in [-0.2, 0) is 28.7 Å². The maximum absolute atomic E-state index is 14.2. The van der Waals surface area contributed by atoms with E-state index >= 15 is 0 Å². The van der Waals surface area contributed by atoms with Crippen molar-refractivity contribution in [2.45, 2.75) is 130 Å². The lowest BCUT2D eigenvalue weighted by molar-refractivity contribution is -0.162. The summed E-state index contributed by atoms with van der Waals surface area (Å²) in [6.07, 6.45) is 5.68. The van der Waals surface area contributed by atoms with Gasteiger partial charge in [0, 0.05) is 26.0 Å². The highest BCUT2D eigenvalue weighted by Gasteiger charge is 2.69. The quantitative estimate of drug-likeness (QED) is 0.334. The Labute approximate surface area is 246 Å². The molecule has 1 aliphatic carbocycles. The number of rotatable bonds is 7. The molecule has 1 amide bonds. The van der Waals surface area contributed by atoms with Gasteiger partial charge < -0.3 is 19.5 Å². The molecule has 232 valence electrons. The smallest absolute Gasteiger partial charge is 0.307 e. The van der Waals surface area contributed by atoms with Gasteiger partial charge in [0.2, 0.25) is 5.91 Å². The van der Waals surface area contributed by atoms with Crippen LogP contribution in [0.25, 0.3) is 0 Å². The van der Waals surface area contributed by atoms with Crippen molar-refractivity contribution in [3.05, 3.63) is 12.7 Å². The van der Waals surface area contributed by atoms with Crippen molar-refractivity contribution in [2.24, 2.45) is 29.1 Å². The molecule has 3 aliphatic rings. The van der Waals surface area contributed by atoms with Crippen molar-refractivity contribution in [3.63, 3.8) is 0 Å². The van der Waals surface area contributed by atoms with Crippen molar-refractivity contribution in [1.82, 2.24) is 4.90 Å². The second kappa shape index (κ2) is 13.9. The number of amides is 1. The topological polar surface area (TPSA) is 110 Å². The lowest BCUT2D eigenvalue weighted by Crippen LogP contribution is -2.51. The number of nitrogens with zero attached hydrogens (tertiary/aromatic N) is 1. The van der Waals surface area contributed by atoms with Crippen LogP contribution in [0.3, 0.4) is 0 Å². The molecule has 0 aromatic heterocycles. The van der Waals surface area contributed by atoms with Crippen molar-refractivity contribution in [3.8, 4) is 0 Å². The van der Waals surface area contributed by atoms with E-state index in [0.29, 0.717) is 26.0 Å². The van der Waals surface area contributed by atoms with E-state index in [4.69, 9.17) is 9.47 Å². The van der Waals surface area contributed by atoms with E-state index in [1.54, 1.807) is 31.7 Å². The molecular formula is C33H53NO7. The molecule has 8 heteroatoms. The zero-order valence-corrected chi connectivity index (χ0v) is 26.2. The van der Waals surface area contributed by atoms with Crippen molar-refractivity contribution in [2.75, 3.05) is 13.2 Å². The van der Waals surface area contributed by atoms with Gasteiger partial charge in [-0.1, -0.05) is 45.6 Å². The highest BCUT2D eigenvalue weighted by molar-refractivity contribution is 5.93. The number of fused-ring (bicyclic) bond motifs is 3. The van der Waals surface area contributed by atoms with Crippen molar-refractivity contribution >= 4 is 23.4 Å². The zero-order chi connectivity index (χ0) is 30.5. The van der Waals surface area contributed by atoms with Gasteiger partial charge in [0.1, 0.15) is 11.7 Å². The van der Waals surface area contributed by atoms with Gasteiger partial charge in [-0.05, 0) is 70.1 Å². The summed E-state index contributed by atoms with van der Waals surface area (Å²) in [5.74, 6) is -2.12. The molecule has 41 heavy (non-hydrogen) atoms. The van der Waals surface area contributed by atoms with E-state index in [1.165, 1.54) is 0 Å². The number of carbonyl (C=O) groups is 4. The molecule has 3 fully saturated rings. The number of aliphatic hydroxyl groups is 1. The number of piperidine rings is 1. The molecule has 0 aromatic carbocycles. The fourth-order valence-electron chi connectivity index (χ4n) is 6.94. The number of carbonyl (C=O) groups excluding carboxylic acids is 4. The maximum Gasteiger partial charge on any atom is 0.307 e. The minimum atomic E-state index is -1.21. The van der Waals surface area contributed by atoms with Gasteiger partial charge >= 0.3 is 5.97 Å². The van der Waals surface area contributed by atoms with Gasteiger partial charge in [-0.25, -0.2) is 0 Å². The standard InChI is InChI=1S/C33H53NO7/c1-8-9-16-25(35)30(38)22-15-13-11-10-12-14-17-40-21(2)23(19-27(37)41-32(3,4)5)31(39)34-20-24-28(33(24,6)7)29(34)26(36)18-22/h8,21-24,28-30,38H,1,9-20H2,2-7H3/t21-,22+,23-,24-,28-,29+,30?/m0/s1. The SMILES string of the molecule is C=CCCC(=O)C(O)[C@@H]1CCCCCCCO[C@@H](C)[C@H](CC(=O)OC(C)(C)C)C(=O)N2C[C@H]3[C@@H]([C@H]2C(=O)C1)C3(C)C. The van der Waals surface area contributed by atoms with Crippen LogP contribution in [0.1, 0.15) is 106 Å². The van der Waals surface area contributed by atoms with Crippen LogP contribution in [0.15, 0.2) is 12.7 Å². The van der Waals surface area contributed by atoms with E-state index in [2.05, 4.69) is 20.4 Å². The van der Waals surface area contributed by atoms with Crippen molar-refractivity contribution < 1.29 is 33.8 Å². The normalized spacial score (nSPS) is 32.0. The average molecular weight is 576 g/mol. The number of ketones is 2. The Bertz CT molecular complexity index is 967. The summed E-state index contributed by atoms with van der Waals surface area (Å²) in [4.78, 5) is 55.6. The number of hydrogen-bond acceptors (Lipinski definition) is 7. The largest absolute Gasteiger partial charge is 0.460 e. The molecule has 1 saturated carbocycles. The summed E-state index contributed by atoms with van der Waals surface area (Å²) in [5.41, 5.74) is -0.756. The third kappa shape index (κ3) is 8.50. The van der Waals surface area contributed by atoms with E-state index < -0.39 is 41.7 Å². The lowest BCUT2D eigenvalue weighted by Gasteiger charge is -2.35. The third-order valence-electron chi connectivity index (χ3n) is 9.45. The first kappa shape index (κ1) is 33.4. The number of Topliss-reactive ketones (excluding diaryl/α,β-unsaturated/α-hetero) is 2. The summed E-state index contributed by atoms with van der Waals surface area (Å²) >= 11 is 0. The fraction of sp³-hybridized carbons (Fsp3) is 0.818. The predicted molar refractivity (Wildman–Crippen MR) is 157 cm³/mol. The molecule has 1 unspecified atom stereocenters. The number of ether oxygens (including phenoxy) is 2. The fourth-order valence-corrected chi connectivity index (χ4v) is 6.94. The molecule has 1 N–H and O–H groups in total. The molecule has 2 aliphatic heterocycles. The number of esters is 1. The molecule has 7 atom stereocenters. The van der Waals surface area contributed by atoms with E-state index in [1.807, 2.05) is 6.92 Å². The van der Waals surface area contributed by atoms with Gasteiger partial charge in [-0.3, -0.25) is 19.2 Å². The van der Waals surface area contributed by atoms with Crippen LogP contribution in [-0.4, -0.2) is 70.5 Å². The average Bonchev–Trinajstić information content (AvgIpc) is 3.21. The van der Waals surface area contributed by atoms with Crippen LogP contribution >= 0.6 is 0 Å². The molecule has 2 heterocycles. The molecule has 0 radical (unpaired) electrons. The molecule has 3 rings (SSSR count). The maximum atomic E-state index is 14.2. The number of aliphatic hydroxyl groups excluding tert-OH is 1. The van der Waals surface area contributed by atoms with Crippen LogP contribution < -0.4 is 0 Å². The summed E-state index contributed by atoms with van der Waals surface area (Å²) in [6.45, 7) is 16.1. The van der Waals surface area contributed by atoms with Gasteiger partial charge in [-0.2, -0.15) is 0 Å². The third-order valence-corrected chi connectivity index (χ3v) is 9.45. The number of allylic oxidation sites excluding steroid dienone is 1. The number of hydrogen-bond donors (Lipinski definition) is 1. The zero-order valence-electron chi connectivity index (χ0n) is 26.2. The monoisotopic (exact) mass is 575 g/mol. The Balaban J connectivity index is 1.90. The minimum Gasteiger partial charge on any atom is -0.460 e. The Morgan fingerprint density at radius 1 is 1.17 bits per heavy atom. The van der Waals surface area contributed by atoms with Crippen LogP contribution in [0.4, 0.5) is 0 Å². The lowest BCUT2D eigenvalue weighted by atomic mass is 9.84. The van der Waals surface area contributed by atoms with Crippen LogP contribution in [0.2, 0.25) is 0 Å². The summed E-state index contributed by atoms with van der Waals surface area (Å²) in [6, 6.07) is -0.637. The van der Waals surface area contributed by atoms with E-state index in [9.17, 15) is 24.3 Å². The molecule has 0 aromatic rings. The Kier molecular flexibility index (Phi) is 11.4. The second-order valence-corrected chi connectivity index (χ2v) is 14.1. The van der Waals surface area contributed by atoms with E-state index in [0.717, 1.165) is 32.1 Å². The van der Waals surface area contributed by atoms with Crippen LogP contribution in [0, 0.1) is 29.1 Å². The Morgan fingerprint density at radius 2 is 1.83 bits per heavy atom. The van der Waals surface area contributed by atoms with Gasteiger partial charge in [0.05, 0.1) is 24.5 Å².